The van der Waals surface area contributed by atoms with E-state index in [4.69, 9.17) is 25.8 Å². The maximum atomic E-state index is 11.5. The second kappa shape index (κ2) is 9.77. The molecule has 0 aromatic carbocycles. The van der Waals surface area contributed by atoms with Crippen molar-refractivity contribution >= 4 is 23.5 Å². The molecule has 0 aromatic heterocycles. The first-order valence-corrected chi connectivity index (χ1v) is 7.00. The zero-order valence-corrected chi connectivity index (χ0v) is 13.1. The Kier molecular flexibility index (Phi) is 9.25. The number of rotatable bonds is 10. The quantitative estimate of drug-likeness (QED) is 0.268. The fraction of sp³-hybridized carbons (Fsp3) is 0.714. The van der Waals surface area contributed by atoms with Gasteiger partial charge in [-0.2, -0.15) is 0 Å². The van der Waals surface area contributed by atoms with Crippen LogP contribution in [0.15, 0.2) is 12.2 Å². The van der Waals surface area contributed by atoms with Crippen molar-refractivity contribution in [2.45, 2.75) is 39.2 Å². The molecule has 0 saturated heterocycles. The molecule has 0 atom stereocenters. The summed E-state index contributed by atoms with van der Waals surface area (Å²) >= 11 is 5.65. The average Bonchev–Trinajstić information content (AvgIpc) is 2.36. The molecule has 0 radical (unpaired) electrons. The minimum Gasteiger partial charge on any atom is -0.460 e. The predicted octanol–water partition coefficient (Wildman–Crippen LogP) is 2.46. The van der Waals surface area contributed by atoms with E-state index in [1.807, 2.05) is 0 Å². The fourth-order valence-corrected chi connectivity index (χ4v) is 1.18. The van der Waals surface area contributed by atoms with Gasteiger partial charge in [-0.25, -0.2) is 4.79 Å². The molecule has 0 aliphatic carbocycles. The van der Waals surface area contributed by atoms with Crippen molar-refractivity contribution in [2.75, 3.05) is 25.7 Å². The number of hydrogen-bond donors (Lipinski definition) is 0. The van der Waals surface area contributed by atoms with Gasteiger partial charge in [-0.05, 0) is 27.2 Å². The van der Waals surface area contributed by atoms with Gasteiger partial charge < -0.3 is 14.2 Å². The lowest BCUT2D eigenvalue weighted by Crippen LogP contribution is -2.29. The highest BCUT2D eigenvalue weighted by atomic mass is 35.5. The molecule has 0 heterocycles. The summed E-state index contributed by atoms with van der Waals surface area (Å²) in [4.78, 5) is 22.5. The van der Waals surface area contributed by atoms with Crippen molar-refractivity contribution in [1.82, 2.24) is 0 Å². The van der Waals surface area contributed by atoms with Crippen LogP contribution >= 0.6 is 11.6 Å². The molecule has 116 valence electrons. The summed E-state index contributed by atoms with van der Waals surface area (Å²) in [6.07, 6.45) is 0.817. The van der Waals surface area contributed by atoms with Crippen LogP contribution in [0, 0.1) is 0 Å². The number of alkyl halides is 1. The number of carbonyl (C=O) groups is 2. The normalized spacial score (nSPS) is 11.0. The van der Waals surface area contributed by atoms with Crippen molar-refractivity contribution < 1.29 is 23.8 Å². The Morgan fingerprint density at radius 3 is 2.40 bits per heavy atom. The van der Waals surface area contributed by atoms with Crippen LogP contribution in [-0.2, 0) is 23.8 Å². The number of hydrogen-bond acceptors (Lipinski definition) is 5. The van der Waals surface area contributed by atoms with Crippen molar-refractivity contribution in [3.8, 4) is 0 Å². The highest BCUT2D eigenvalue weighted by molar-refractivity contribution is 6.18. The Morgan fingerprint density at radius 1 is 1.20 bits per heavy atom. The molecule has 0 fully saturated rings. The third-order valence-corrected chi connectivity index (χ3v) is 2.83. The molecule has 0 saturated carbocycles. The zero-order chi connectivity index (χ0) is 15.6. The number of esters is 2. The van der Waals surface area contributed by atoms with Crippen molar-refractivity contribution in [3.63, 3.8) is 0 Å². The Bertz CT molecular complexity index is 338. The van der Waals surface area contributed by atoms with Crippen molar-refractivity contribution in [3.05, 3.63) is 12.2 Å². The maximum Gasteiger partial charge on any atom is 0.333 e. The molecule has 5 nitrogen and oxygen atoms in total. The molecule has 6 heteroatoms. The van der Waals surface area contributed by atoms with E-state index in [0.717, 1.165) is 0 Å². The number of halogens is 1. The van der Waals surface area contributed by atoms with Crippen LogP contribution in [-0.4, -0.2) is 43.2 Å². The molecule has 0 aliphatic rings. The molecule has 0 unspecified atom stereocenters. The SMILES string of the molecule is C=C(C)C(=O)OCCOCCCC(=O)OC(C)(C)CCl. The fourth-order valence-electron chi connectivity index (χ4n) is 1.12. The van der Waals surface area contributed by atoms with E-state index in [2.05, 4.69) is 6.58 Å². The molecule has 0 bridgehead atoms. The minimum absolute atomic E-state index is 0.176. The van der Waals surface area contributed by atoms with Crippen LogP contribution in [0.3, 0.4) is 0 Å². The first-order valence-electron chi connectivity index (χ1n) is 6.46. The number of ether oxygens (including phenoxy) is 3. The lowest BCUT2D eigenvalue weighted by molar-refractivity contribution is -0.154. The maximum absolute atomic E-state index is 11.5. The Balaban J connectivity index is 3.51. The van der Waals surface area contributed by atoms with Gasteiger partial charge in [0.2, 0.25) is 0 Å². The lowest BCUT2D eigenvalue weighted by atomic mass is 10.2. The van der Waals surface area contributed by atoms with Gasteiger partial charge in [-0.1, -0.05) is 6.58 Å². The molecule has 0 rings (SSSR count). The zero-order valence-electron chi connectivity index (χ0n) is 12.4. The van der Waals surface area contributed by atoms with Gasteiger partial charge in [-0.3, -0.25) is 4.79 Å². The monoisotopic (exact) mass is 306 g/mol. The van der Waals surface area contributed by atoms with Gasteiger partial charge in [0.05, 0.1) is 12.5 Å². The molecule has 0 spiro atoms. The van der Waals surface area contributed by atoms with Crippen LogP contribution in [0.4, 0.5) is 0 Å². The second-order valence-corrected chi connectivity index (χ2v) is 5.27. The highest BCUT2D eigenvalue weighted by Crippen LogP contribution is 2.12. The van der Waals surface area contributed by atoms with Gasteiger partial charge in [0.25, 0.3) is 0 Å². The molecule has 0 aromatic rings. The summed E-state index contributed by atoms with van der Waals surface area (Å²) in [5.41, 5.74) is -0.286. The summed E-state index contributed by atoms with van der Waals surface area (Å²) in [7, 11) is 0. The summed E-state index contributed by atoms with van der Waals surface area (Å²) in [5, 5.41) is 0. The first kappa shape index (κ1) is 18.9. The van der Waals surface area contributed by atoms with Crippen LogP contribution in [0.2, 0.25) is 0 Å². The van der Waals surface area contributed by atoms with E-state index in [0.29, 0.717) is 25.2 Å². The van der Waals surface area contributed by atoms with Gasteiger partial charge in [0.1, 0.15) is 12.2 Å². The predicted molar refractivity (Wildman–Crippen MR) is 76.7 cm³/mol. The Morgan fingerprint density at radius 2 is 1.85 bits per heavy atom. The van der Waals surface area contributed by atoms with Crippen LogP contribution in [0.25, 0.3) is 0 Å². The van der Waals surface area contributed by atoms with Crippen LogP contribution in [0.1, 0.15) is 33.6 Å². The Labute approximate surface area is 125 Å². The van der Waals surface area contributed by atoms with Crippen LogP contribution in [0.5, 0.6) is 0 Å². The van der Waals surface area contributed by atoms with E-state index in [1.54, 1.807) is 20.8 Å². The lowest BCUT2D eigenvalue weighted by Gasteiger charge is -2.22. The topological polar surface area (TPSA) is 61.8 Å². The highest BCUT2D eigenvalue weighted by Gasteiger charge is 2.20. The van der Waals surface area contributed by atoms with Gasteiger partial charge in [0, 0.05) is 18.6 Å². The molecule has 0 N–H and O–H groups in total. The third kappa shape index (κ3) is 9.81. The minimum atomic E-state index is -0.643. The Hall–Kier alpha value is -1.07. The van der Waals surface area contributed by atoms with E-state index in [1.165, 1.54) is 0 Å². The molecule has 0 aliphatic heterocycles. The van der Waals surface area contributed by atoms with E-state index >= 15 is 0 Å². The molecular weight excluding hydrogens is 284 g/mol. The van der Waals surface area contributed by atoms with Crippen molar-refractivity contribution in [1.29, 1.82) is 0 Å². The van der Waals surface area contributed by atoms with Crippen LogP contribution < -0.4 is 0 Å². The first-order chi connectivity index (χ1) is 9.28. The molecule has 20 heavy (non-hydrogen) atoms. The molecular formula is C14H23ClO5. The van der Waals surface area contributed by atoms with E-state index in [9.17, 15) is 9.59 Å². The van der Waals surface area contributed by atoms with Gasteiger partial charge in [-0.15, -0.1) is 11.6 Å². The summed E-state index contributed by atoms with van der Waals surface area (Å²) in [5.74, 6) is -0.475. The van der Waals surface area contributed by atoms with Gasteiger partial charge in [0.15, 0.2) is 0 Å². The largest absolute Gasteiger partial charge is 0.460 e. The van der Waals surface area contributed by atoms with E-state index < -0.39 is 11.6 Å². The van der Waals surface area contributed by atoms with Gasteiger partial charge >= 0.3 is 11.9 Å². The standard InChI is InChI=1S/C14H23ClO5/c1-11(2)13(17)19-9-8-18-7-5-6-12(16)20-14(3,4)10-15/h1,5-10H2,2-4H3. The summed E-state index contributed by atoms with van der Waals surface area (Å²) in [6, 6.07) is 0. The smallest absolute Gasteiger partial charge is 0.333 e. The number of carbonyl (C=O) groups excluding carboxylic acids is 2. The summed E-state index contributed by atoms with van der Waals surface area (Å²) < 4.78 is 15.2. The van der Waals surface area contributed by atoms with E-state index in [-0.39, 0.29) is 24.9 Å². The summed E-state index contributed by atoms with van der Waals surface area (Å²) in [6.45, 7) is 9.42. The average molecular weight is 307 g/mol. The van der Waals surface area contributed by atoms with Crippen molar-refractivity contribution in [2.24, 2.45) is 0 Å². The molecule has 0 amide bonds. The second-order valence-electron chi connectivity index (χ2n) is 5.00. The third-order valence-electron chi connectivity index (χ3n) is 2.19.